The summed E-state index contributed by atoms with van der Waals surface area (Å²) in [7, 11) is 0. The molecule has 0 aromatic heterocycles. The predicted octanol–water partition coefficient (Wildman–Crippen LogP) is 7.71. The van der Waals surface area contributed by atoms with Crippen LogP contribution in [0.25, 0.3) is 12.2 Å². The van der Waals surface area contributed by atoms with Crippen LogP contribution >= 0.6 is 0 Å². The van der Waals surface area contributed by atoms with Crippen LogP contribution < -0.4 is 0 Å². The van der Waals surface area contributed by atoms with Gasteiger partial charge in [-0.05, 0) is 52.5 Å². The molecule has 2 aromatic carbocycles. The zero-order valence-electron chi connectivity index (χ0n) is 17.9. The maximum atomic E-state index is 2.47. The topological polar surface area (TPSA) is 0 Å². The molecule has 0 aliphatic heterocycles. The Labute approximate surface area is 165 Å². The van der Waals surface area contributed by atoms with Crippen molar-refractivity contribution in [3.05, 3.63) is 81.4 Å². The van der Waals surface area contributed by atoms with E-state index < -0.39 is 0 Å². The normalized spacial score (nSPS) is 21.6. The Morgan fingerprint density at radius 1 is 0.667 bits per heavy atom. The van der Waals surface area contributed by atoms with Crippen molar-refractivity contribution in [1.29, 1.82) is 0 Å². The molecule has 0 radical (unpaired) electrons. The molecule has 4 rings (SSSR count). The molecule has 0 spiro atoms. The van der Waals surface area contributed by atoms with Gasteiger partial charge in [-0.25, -0.2) is 0 Å². The summed E-state index contributed by atoms with van der Waals surface area (Å²) in [6.45, 7) is 16.6. The highest BCUT2D eigenvalue weighted by Crippen LogP contribution is 2.58. The van der Waals surface area contributed by atoms with Crippen molar-refractivity contribution >= 4 is 12.2 Å². The van der Waals surface area contributed by atoms with E-state index in [1.165, 1.54) is 39.0 Å². The van der Waals surface area contributed by atoms with Gasteiger partial charge >= 0.3 is 0 Å². The lowest BCUT2D eigenvalue weighted by molar-refractivity contribution is 0.275. The summed E-state index contributed by atoms with van der Waals surface area (Å²) in [5, 5.41) is 0. The Hall–Kier alpha value is -2.08. The van der Waals surface area contributed by atoms with E-state index >= 15 is 0 Å². The average Bonchev–Trinajstić information content (AvgIpc) is 3.09. The van der Waals surface area contributed by atoms with Crippen molar-refractivity contribution in [2.24, 2.45) is 5.41 Å². The van der Waals surface area contributed by atoms with Crippen LogP contribution in [0.1, 0.15) is 88.1 Å². The van der Waals surface area contributed by atoms with Crippen LogP contribution in [0.4, 0.5) is 0 Å². The molecule has 2 aliphatic carbocycles. The average molecular weight is 357 g/mol. The summed E-state index contributed by atoms with van der Waals surface area (Å²) in [5.74, 6) is 0.917. The molecule has 2 aliphatic rings. The molecule has 0 amide bonds. The summed E-state index contributed by atoms with van der Waals surface area (Å²) in [6.07, 6.45) is 4.85. The molecule has 2 unspecified atom stereocenters. The molecule has 2 atom stereocenters. The zero-order chi connectivity index (χ0) is 19.6. The lowest BCUT2D eigenvalue weighted by atomic mass is 9.62. The van der Waals surface area contributed by atoms with Crippen LogP contribution in [0.5, 0.6) is 0 Å². The molecule has 0 heterocycles. The first-order valence-corrected chi connectivity index (χ1v) is 10.2. The Bertz CT molecular complexity index is 960. The summed E-state index contributed by atoms with van der Waals surface area (Å²) >= 11 is 0. The van der Waals surface area contributed by atoms with Crippen LogP contribution in [0.3, 0.4) is 0 Å². The van der Waals surface area contributed by atoms with Gasteiger partial charge in [0.25, 0.3) is 0 Å². The largest absolute Gasteiger partial charge is 0.0646 e. The molecule has 0 heteroatoms. The highest BCUT2D eigenvalue weighted by molar-refractivity contribution is 5.72. The van der Waals surface area contributed by atoms with E-state index in [0.717, 1.165) is 0 Å². The Balaban J connectivity index is 1.85. The van der Waals surface area contributed by atoms with Crippen molar-refractivity contribution in [1.82, 2.24) is 0 Å². The van der Waals surface area contributed by atoms with Gasteiger partial charge in [-0.1, -0.05) is 100 Å². The van der Waals surface area contributed by atoms with Crippen LogP contribution in [-0.2, 0) is 5.41 Å². The summed E-state index contributed by atoms with van der Waals surface area (Å²) in [6, 6.07) is 15.9. The van der Waals surface area contributed by atoms with Gasteiger partial charge in [-0.3, -0.25) is 0 Å². The third-order valence-electron chi connectivity index (χ3n) is 6.72. The lowest BCUT2D eigenvalue weighted by Crippen LogP contribution is -2.30. The van der Waals surface area contributed by atoms with E-state index in [2.05, 4.69) is 103 Å². The number of benzene rings is 2. The van der Waals surface area contributed by atoms with Gasteiger partial charge in [0.2, 0.25) is 0 Å². The minimum atomic E-state index is 0.121. The fourth-order valence-corrected chi connectivity index (χ4v) is 5.83. The molecular formula is C27H32. The predicted molar refractivity (Wildman–Crippen MR) is 118 cm³/mol. The molecule has 0 saturated heterocycles. The second-order valence-corrected chi connectivity index (χ2v) is 10.2. The second kappa shape index (κ2) is 5.96. The summed E-state index contributed by atoms with van der Waals surface area (Å²) in [4.78, 5) is 0. The molecule has 0 nitrogen and oxygen atoms in total. The van der Waals surface area contributed by atoms with Crippen molar-refractivity contribution < 1.29 is 0 Å². The van der Waals surface area contributed by atoms with Crippen LogP contribution in [-0.4, -0.2) is 0 Å². The molecule has 0 saturated carbocycles. The number of fused-ring (bicyclic) bond motifs is 2. The third kappa shape index (κ3) is 2.73. The first-order valence-electron chi connectivity index (χ1n) is 10.2. The van der Waals surface area contributed by atoms with E-state index in [-0.39, 0.29) is 10.8 Å². The number of hydrogen-bond acceptors (Lipinski definition) is 0. The highest BCUT2D eigenvalue weighted by atomic mass is 14.5. The highest BCUT2D eigenvalue weighted by Gasteiger charge is 2.45. The standard InChI is InChI=1S/C27H32/c1-17-15-19-11-8-9-12-20(19)24(17)27(6,7)25-18(2)16-22-21(25)13-10-14-23(22)26(3,4)5/h8-16,24-25H,1-7H3. The zero-order valence-corrected chi connectivity index (χ0v) is 17.9. The first kappa shape index (κ1) is 18.3. The maximum absolute atomic E-state index is 2.47. The SMILES string of the molecule is CC1=Cc2ccccc2C1C(C)(C)C1C(C)=Cc2c1cccc2C(C)(C)C. The van der Waals surface area contributed by atoms with Crippen LogP contribution in [0, 0.1) is 5.41 Å². The Morgan fingerprint density at radius 3 is 1.96 bits per heavy atom. The molecule has 140 valence electrons. The smallest absolute Gasteiger partial charge is 0.0115 e. The molecular weight excluding hydrogens is 324 g/mol. The first-order chi connectivity index (χ1) is 12.6. The number of rotatable bonds is 2. The van der Waals surface area contributed by atoms with Crippen LogP contribution in [0.15, 0.2) is 53.6 Å². The molecule has 2 aromatic rings. The third-order valence-corrected chi connectivity index (χ3v) is 6.72. The van der Waals surface area contributed by atoms with E-state index in [9.17, 15) is 0 Å². The summed E-state index contributed by atoms with van der Waals surface area (Å²) < 4.78 is 0. The molecule has 0 fully saturated rings. The van der Waals surface area contributed by atoms with Gasteiger partial charge in [0.15, 0.2) is 0 Å². The van der Waals surface area contributed by atoms with E-state index in [1.54, 1.807) is 0 Å². The lowest BCUT2D eigenvalue weighted by Gasteiger charge is -2.41. The van der Waals surface area contributed by atoms with Crippen molar-refractivity contribution in [3.63, 3.8) is 0 Å². The van der Waals surface area contributed by atoms with Gasteiger partial charge in [0.05, 0.1) is 0 Å². The molecule has 27 heavy (non-hydrogen) atoms. The van der Waals surface area contributed by atoms with Crippen LogP contribution in [0.2, 0.25) is 0 Å². The fraction of sp³-hybridized carbons (Fsp3) is 0.407. The quantitative estimate of drug-likeness (QED) is 0.517. The Morgan fingerprint density at radius 2 is 1.26 bits per heavy atom. The monoisotopic (exact) mass is 356 g/mol. The van der Waals surface area contributed by atoms with Crippen molar-refractivity contribution in [2.75, 3.05) is 0 Å². The molecule has 0 N–H and O–H groups in total. The van der Waals surface area contributed by atoms with Crippen molar-refractivity contribution in [2.45, 2.75) is 65.7 Å². The van der Waals surface area contributed by atoms with Gasteiger partial charge in [-0.2, -0.15) is 0 Å². The van der Waals surface area contributed by atoms with Gasteiger partial charge in [0.1, 0.15) is 0 Å². The minimum absolute atomic E-state index is 0.121. The molecule has 0 bridgehead atoms. The van der Waals surface area contributed by atoms with E-state index in [0.29, 0.717) is 11.8 Å². The van der Waals surface area contributed by atoms with Gasteiger partial charge in [0, 0.05) is 11.8 Å². The maximum Gasteiger partial charge on any atom is 0.0115 e. The van der Waals surface area contributed by atoms with Gasteiger partial charge < -0.3 is 0 Å². The van der Waals surface area contributed by atoms with E-state index in [1.807, 2.05) is 0 Å². The number of hydrogen-bond donors (Lipinski definition) is 0. The second-order valence-electron chi connectivity index (χ2n) is 10.2. The fourth-order valence-electron chi connectivity index (χ4n) is 5.83. The summed E-state index contributed by atoms with van der Waals surface area (Å²) in [5.41, 5.74) is 10.6. The van der Waals surface area contributed by atoms with Crippen molar-refractivity contribution in [3.8, 4) is 0 Å². The Kier molecular flexibility index (Phi) is 4.04. The minimum Gasteiger partial charge on any atom is -0.0646 e. The van der Waals surface area contributed by atoms with Gasteiger partial charge in [-0.15, -0.1) is 0 Å². The number of allylic oxidation sites excluding steroid dienone is 2. The van der Waals surface area contributed by atoms with E-state index in [4.69, 9.17) is 0 Å².